The van der Waals surface area contributed by atoms with E-state index < -0.39 is 5.91 Å². The number of H-pyrrole nitrogens is 1. The zero-order valence-electron chi connectivity index (χ0n) is 15.9. The van der Waals surface area contributed by atoms with Crippen molar-refractivity contribution < 1.29 is 19.3 Å². The highest BCUT2D eigenvalue weighted by atomic mass is 16.5. The first kappa shape index (κ1) is 17.9. The largest absolute Gasteiger partial charge is 0.373 e. The predicted molar refractivity (Wildman–Crippen MR) is 103 cm³/mol. The van der Waals surface area contributed by atoms with Gasteiger partial charge < -0.3 is 15.2 Å². The Kier molecular flexibility index (Phi) is 4.61. The van der Waals surface area contributed by atoms with Crippen LogP contribution in [0, 0.1) is 0 Å². The highest BCUT2D eigenvalue weighted by Crippen LogP contribution is 2.37. The third-order valence-corrected chi connectivity index (χ3v) is 5.29. The number of nitrogens with two attached hydrogens (primary N) is 1. The van der Waals surface area contributed by atoms with Gasteiger partial charge in [0.05, 0.1) is 25.4 Å². The molecule has 0 radical (unpaired) electrons. The van der Waals surface area contributed by atoms with Crippen LogP contribution in [0.15, 0.2) is 30.3 Å². The highest BCUT2D eigenvalue weighted by molar-refractivity contribution is 5.99. The Balaban J connectivity index is 1.96. The average molecular weight is 368 g/mol. The summed E-state index contributed by atoms with van der Waals surface area (Å²) in [6, 6.07) is 10.2. The van der Waals surface area contributed by atoms with Gasteiger partial charge in [0.15, 0.2) is 0 Å². The molecule has 4 rings (SSSR count). The summed E-state index contributed by atoms with van der Waals surface area (Å²) in [6.07, 6.45) is 0.645. The lowest BCUT2D eigenvalue weighted by atomic mass is 9.86. The molecule has 1 fully saturated rings. The summed E-state index contributed by atoms with van der Waals surface area (Å²) in [6.45, 7) is 7.28. The number of hydrogen-bond donors (Lipinski definition) is 1. The first-order valence-electron chi connectivity index (χ1n) is 9.39. The number of rotatable bonds is 3. The van der Waals surface area contributed by atoms with Crippen LogP contribution >= 0.6 is 0 Å². The van der Waals surface area contributed by atoms with Crippen LogP contribution < -0.4 is 15.6 Å². The average Bonchev–Trinajstić information content (AvgIpc) is 2.67. The number of pyridine rings is 1. The first-order valence-corrected chi connectivity index (χ1v) is 9.39. The van der Waals surface area contributed by atoms with E-state index in [4.69, 9.17) is 15.2 Å². The van der Waals surface area contributed by atoms with Crippen molar-refractivity contribution in [3.05, 3.63) is 47.0 Å². The molecule has 6 heteroatoms. The maximum atomic E-state index is 12.5. The number of benzene rings is 1. The number of morpholine rings is 1. The Morgan fingerprint density at radius 2 is 1.85 bits per heavy atom. The first-order chi connectivity index (χ1) is 13.0. The summed E-state index contributed by atoms with van der Waals surface area (Å²) in [4.78, 5) is 18.2. The van der Waals surface area contributed by atoms with Crippen LogP contribution in [-0.2, 0) is 22.5 Å². The third-order valence-electron chi connectivity index (χ3n) is 5.29. The summed E-state index contributed by atoms with van der Waals surface area (Å²) in [5.41, 5.74) is 10.2. The lowest BCUT2D eigenvalue weighted by Crippen LogP contribution is -2.43. The van der Waals surface area contributed by atoms with E-state index in [1.807, 2.05) is 32.0 Å². The second kappa shape index (κ2) is 6.94. The van der Waals surface area contributed by atoms with Gasteiger partial charge in [-0.2, -0.15) is 0 Å². The quantitative estimate of drug-likeness (QED) is 0.898. The van der Waals surface area contributed by atoms with E-state index >= 15 is 0 Å². The smallest absolute Gasteiger partial charge is 0.288 e. The molecular formula is C21H26N3O3+. The van der Waals surface area contributed by atoms with Crippen LogP contribution in [-0.4, -0.2) is 37.8 Å². The number of amides is 1. The number of carbonyl (C=O) groups excluding carboxylic acids is 1. The van der Waals surface area contributed by atoms with Crippen molar-refractivity contribution in [2.45, 2.75) is 32.5 Å². The summed E-state index contributed by atoms with van der Waals surface area (Å²) in [5, 5.41) is 0. The molecule has 2 aliphatic rings. The van der Waals surface area contributed by atoms with Gasteiger partial charge in [0.2, 0.25) is 0 Å². The van der Waals surface area contributed by atoms with Crippen LogP contribution in [0.3, 0.4) is 0 Å². The second-order valence-electron chi connectivity index (χ2n) is 7.74. The van der Waals surface area contributed by atoms with E-state index in [2.05, 4.69) is 22.0 Å². The maximum Gasteiger partial charge on any atom is 0.288 e. The van der Waals surface area contributed by atoms with Gasteiger partial charge in [0.1, 0.15) is 24.3 Å². The molecule has 0 unspecified atom stereocenters. The van der Waals surface area contributed by atoms with E-state index in [0.717, 1.165) is 41.3 Å². The third kappa shape index (κ3) is 3.42. The van der Waals surface area contributed by atoms with Crippen molar-refractivity contribution in [3.8, 4) is 11.3 Å². The van der Waals surface area contributed by atoms with Crippen LogP contribution in [0.25, 0.3) is 11.3 Å². The van der Waals surface area contributed by atoms with Gasteiger partial charge in [0.25, 0.3) is 11.7 Å². The summed E-state index contributed by atoms with van der Waals surface area (Å²) >= 11 is 0. The molecule has 0 saturated carbocycles. The zero-order chi connectivity index (χ0) is 19.0. The van der Waals surface area contributed by atoms with Gasteiger partial charge in [-0.25, -0.2) is 4.98 Å². The van der Waals surface area contributed by atoms with Gasteiger partial charge in [-0.1, -0.05) is 30.3 Å². The monoisotopic (exact) mass is 368 g/mol. The number of aromatic nitrogens is 1. The molecule has 1 saturated heterocycles. The Bertz CT molecular complexity index is 859. The number of anilines is 1. The Morgan fingerprint density at radius 1 is 1.15 bits per heavy atom. The van der Waals surface area contributed by atoms with E-state index in [9.17, 15) is 4.79 Å². The molecule has 1 amide bonds. The Hall–Kier alpha value is -2.44. The standard InChI is InChI=1S/C21H25N3O3/c1-21(2)12-15-16(13-27-21)18(14-6-4-3-5-7-14)23-20(17(15)19(22)25)24-8-10-26-11-9-24/h3-7H,8-13H2,1-2H3,(H2,22,25)/p+1. The molecule has 3 N–H and O–H groups in total. The van der Waals surface area contributed by atoms with E-state index in [-0.39, 0.29) is 5.60 Å². The van der Waals surface area contributed by atoms with Crippen molar-refractivity contribution in [3.63, 3.8) is 0 Å². The minimum Gasteiger partial charge on any atom is -0.373 e. The number of carbonyl (C=O) groups is 1. The summed E-state index contributed by atoms with van der Waals surface area (Å²) in [5.74, 6) is 0.391. The number of hydrogen-bond acceptors (Lipinski definition) is 4. The minimum atomic E-state index is -0.402. The fraction of sp³-hybridized carbons (Fsp3) is 0.429. The van der Waals surface area contributed by atoms with Crippen LogP contribution in [0.2, 0.25) is 0 Å². The molecule has 0 aliphatic carbocycles. The molecule has 0 atom stereocenters. The number of primary amides is 1. The van der Waals surface area contributed by atoms with Gasteiger partial charge in [-0.3, -0.25) is 9.69 Å². The van der Waals surface area contributed by atoms with Crippen LogP contribution in [0.5, 0.6) is 0 Å². The van der Waals surface area contributed by atoms with Crippen molar-refractivity contribution in [1.82, 2.24) is 0 Å². The van der Waals surface area contributed by atoms with Crippen molar-refractivity contribution in [2.75, 3.05) is 31.2 Å². The van der Waals surface area contributed by atoms with Crippen molar-refractivity contribution in [1.29, 1.82) is 0 Å². The lowest BCUT2D eigenvalue weighted by molar-refractivity contribution is -0.353. The lowest BCUT2D eigenvalue weighted by Gasteiger charge is -2.34. The molecule has 3 heterocycles. The van der Waals surface area contributed by atoms with Crippen LogP contribution in [0.4, 0.5) is 5.82 Å². The SMILES string of the molecule is CC1(C)Cc2c(c(-c3ccccc3)[nH+]c(N3CCOCC3)c2C(N)=O)CO1. The van der Waals surface area contributed by atoms with Crippen LogP contribution in [0.1, 0.15) is 35.3 Å². The number of fused-ring (bicyclic) bond motifs is 1. The number of nitrogens with one attached hydrogen (secondary N) is 1. The van der Waals surface area contributed by atoms with Gasteiger partial charge >= 0.3 is 0 Å². The number of ether oxygens (including phenoxy) is 2. The van der Waals surface area contributed by atoms with E-state index in [0.29, 0.717) is 31.8 Å². The fourth-order valence-electron chi connectivity index (χ4n) is 3.94. The van der Waals surface area contributed by atoms with Crippen molar-refractivity contribution in [2.24, 2.45) is 5.73 Å². The van der Waals surface area contributed by atoms with E-state index in [1.165, 1.54) is 0 Å². The molecule has 0 spiro atoms. The van der Waals surface area contributed by atoms with Gasteiger partial charge in [-0.15, -0.1) is 0 Å². The summed E-state index contributed by atoms with van der Waals surface area (Å²) < 4.78 is 11.6. The Morgan fingerprint density at radius 3 is 2.52 bits per heavy atom. The molecule has 6 nitrogen and oxygen atoms in total. The normalized spacial score (nSPS) is 18.8. The van der Waals surface area contributed by atoms with Gasteiger partial charge in [-0.05, 0) is 19.4 Å². The zero-order valence-corrected chi connectivity index (χ0v) is 15.9. The van der Waals surface area contributed by atoms with Gasteiger partial charge in [0, 0.05) is 17.5 Å². The summed E-state index contributed by atoms with van der Waals surface area (Å²) in [7, 11) is 0. The maximum absolute atomic E-state index is 12.5. The Labute approximate surface area is 159 Å². The second-order valence-corrected chi connectivity index (χ2v) is 7.74. The molecule has 1 aromatic carbocycles. The molecule has 2 aromatic rings. The minimum absolute atomic E-state index is 0.339. The number of aromatic amines is 1. The topological polar surface area (TPSA) is 78.9 Å². The van der Waals surface area contributed by atoms with Crippen molar-refractivity contribution >= 4 is 11.7 Å². The molecular weight excluding hydrogens is 342 g/mol. The van der Waals surface area contributed by atoms with E-state index in [1.54, 1.807) is 0 Å². The molecule has 0 bridgehead atoms. The molecule has 2 aliphatic heterocycles. The highest BCUT2D eigenvalue weighted by Gasteiger charge is 2.37. The molecule has 1 aromatic heterocycles. The molecule has 142 valence electrons. The number of nitrogens with zero attached hydrogens (tertiary/aromatic N) is 1. The predicted octanol–water partition coefficient (Wildman–Crippen LogP) is 1.95. The fourth-order valence-corrected chi connectivity index (χ4v) is 3.94. The molecule has 27 heavy (non-hydrogen) atoms.